The third-order valence-electron chi connectivity index (χ3n) is 3.40. The number of ether oxygens (including phenoxy) is 1. The van der Waals surface area contributed by atoms with Crippen LogP contribution in [0.2, 0.25) is 0 Å². The number of hydrogen-bond donors (Lipinski definition) is 0. The molecular formula is C15H17FN2O3. The van der Waals surface area contributed by atoms with Gasteiger partial charge in [0, 0.05) is 18.8 Å². The van der Waals surface area contributed by atoms with Gasteiger partial charge in [0.2, 0.25) is 5.91 Å². The van der Waals surface area contributed by atoms with E-state index in [4.69, 9.17) is 4.74 Å². The van der Waals surface area contributed by atoms with Gasteiger partial charge in [0.05, 0.1) is 13.3 Å². The molecule has 0 bridgehead atoms. The van der Waals surface area contributed by atoms with Crippen LogP contribution in [-0.2, 0) is 14.3 Å². The fourth-order valence-electron chi connectivity index (χ4n) is 2.36. The minimum atomic E-state index is -0.536. The molecule has 0 aromatic carbocycles. The van der Waals surface area contributed by atoms with Gasteiger partial charge in [-0.15, -0.1) is 0 Å². The Bertz CT molecular complexity index is 560. The summed E-state index contributed by atoms with van der Waals surface area (Å²) in [5.41, 5.74) is 0.495. The van der Waals surface area contributed by atoms with Gasteiger partial charge in [0.25, 0.3) is 0 Å². The first-order valence-corrected chi connectivity index (χ1v) is 6.79. The monoisotopic (exact) mass is 292 g/mol. The lowest BCUT2D eigenvalue weighted by Crippen LogP contribution is -2.47. The summed E-state index contributed by atoms with van der Waals surface area (Å²) < 4.78 is 17.7. The van der Waals surface area contributed by atoms with E-state index in [-0.39, 0.29) is 5.91 Å². The maximum atomic E-state index is 13.0. The van der Waals surface area contributed by atoms with Crippen molar-refractivity contribution in [3.8, 4) is 0 Å². The van der Waals surface area contributed by atoms with Crippen molar-refractivity contribution in [1.29, 1.82) is 0 Å². The summed E-state index contributed by atoms with van der Waals surface area (Å²) in [5, 5.41) is 0. The number of rotatable bonds is 3. The molecule has 0 radical (unpaired) electrons. The summed E-state index contributed by atoms with van der Waals surface area (Å²) in [6.07, 6.45) is 7.72. The number of nitrogens with zero attached hydrogens (tertiary/aromatic N) is 2. The zero-order valence-electron chi connectivity index (χ0n) is 11.8. The molecule has 21 heavy (non-hydrogen) atoms. The van der Waals surface area contributed by atoms with Crippen molar-refractivity contribution < 1.29 is 18.7 Å². The predicted molar refractivity (Wildman–Crippen MR) is 74.6 cm³/mol. The summed E-state index contributed by atoms with van der Waals surface area (Å²) in [7, 11) is 1.31. The van der Waals surface area contributed by atoms with Crippen molar-refractivity contribution in [2.45, 2.75) is 25.3 Å². The molecule has 5 nitrogen and oxygen atoms in total. The number of likely N-dealkylation sites (tertiary alicyclic amines) is 1. The number of esters is 1. The molecule has 0 saturated carbocycles. The van der Waals surface area contributed by atoms with Crippen LogP contribution < -0.4 is 0 Å². The number of halogens is 1. The van der Waals surface area contributed by atoms with Crippen LogP contribution in [0.4, 0.5) is 4.39 Å². The van der Waals surface area contributed by atoms with E-state index in [1.807, 2.05) is 0 Å². The molecule has 1 aliphatic heterocycles. The molecule has 0 N–H and O–H groups in total. The SMILES string of the molecule is COC(=O)C1CCCCN1C(=O)/C=C/c1cncc(F)c1. The van der Waals surface area contributed by atoms with E-state index >= 15 is 0 Å². The molecule has 1 fully saturated rings. The first-order valence-electron chi connectivity index (χ1n) is 6.79. The lowest BCUT2D eigenvalue weighted by molar-refractivity contribution is -0.153. The van der Waals surface area contributed by atoms with Crippen molar-refractivity contribution >= 4 is 18.0 Å². The highest BCUT2D eigenvalue weighted by atomic mass is 19.1. The van der Waals surface area contributed by atoms with Crippen molar-refractivity contribution in [2.24, 2.45) is 0 Å². The summed E-state index contributed by atoms with van der Waals surface area (Å²) in [6, 6.07) is 0.747. The number of methoxy groups -OCH3 is 1. The highest BCUT2D eigenvalue weighted by Gasteiger charge is 2.31. The number of aromatic nitrogens is 1. The lowest BCUT2D eigenvalue weighted by Gasteiger charge is -2.32. The second-order valence-electron chi connectivity index (χ2n) is 4.84. The number of pyridine rings is 1. The summed E-state index contributed by atoms with van der Waals surface area (Å²) >= 11 is 0. The van der Waals surface area contributed by atoms with E-state index < -0.39 is 17.8 Å². The Morgan fingerprint density at radius 1 is 1.43 bits per heavy atom. The van der Waals surface area contributed by atoms with Crippen LogP contribution in [0.3, 0.4) is 0 Å². The van der Waals surface area contributed by atoms with E-state index in [1.165, 1.54) is 36.4 Å². The second-order valence-corrected chi connectivity index (χ2v) is 4.84. The Kier molecular flexibility index (Phi) is 5.03. The third-order valence-corrected chi connectivity index (χ3v) is 3.40. The zero-order valence-corrected chi connectivity index (χ0v) is 11.8. The highest BCUT2D eigenvalue weighted by molar-refractivity contribution is 5.94. The van der Waals surface area contributed by atoms with Crippen molar-refractivity contribution in [1.82, 2.24) is 9.88 Å². The fraction of sp³-hybridized carbons (Fsp3) is 0.400. The molecule has 1 amide bonds. The van der Waals surface area contributed by atoms with Crippen LogP contribution in [-0.4, -0.2) is 41.5 Å². The van der Waals surface area contributed by atoms with E-state index in [2.05, 4.69) is 4.98 Å². The molecule has 6 heteroatoms. The van der Waals surface area contributed by atoms with Gasteiger partial charge < -0.3 is 9.64 Å². The molecule has 1 aromatic rings. The van der Waals surface area contributed by atoms with Crippen LogP contribution in [0.15, 0.2) is 24.5 Å². The first kappa shape index (κ1) is 15.2. The minimum Gasteiger partial charge on any atom is -0.467 e. The molecular weight excluding hydrogens is 275 g/mol. The Hall–Kier alpha value is -2.24. The highest BCUT2D eigenvalue weighted by Crippen LogP contribution is 2.18. The summed E-state index contributed by atoms with van der Waals surface area (Å²) in [4.78, 5) is 29.1. The fourth-order valence-corrected chi connectivity index (χ4v) is 2.36. The normalized spacial score (nSPS) is 18.8. The van der Waals surface area contributed by atoms with Gasteiger partial charge in [0.1, 0.15) is 11.9 Å². The molecule has 1 aromatic heterocycles. The van der Waals surface area contributed by atoms with Gasteiger partial charge in [-0.1, -0.05) is 0 Å². The van der Waals surface area contributed by atoms with Crippen molar-refractivity contribution in [3.63, 3.8) is 0 Å². The van der Waals surface area contributed by atoms with Gasteiger partial charge in [-0.3, -0.25) is 9.78 Å². The van der Waals surface area contributed by atoms with E-state index in [1.54, 1.807) is 0 Å². The largest absolute Gasteiger partial charge is 0.467 e. The van der Waals surface area contributed by atoms with Gasteiger partial charge in [-0.2, -0.15) is 0 Å². The Morgan fingerprint density at radius 2 is 2.24 bits per heavy atom. The number of carbonyl (C=O) groups is 2. The van der Waals surface area contributed by atoms with Crippen molar-refractivity contribution in [3.05, 3.63) is 35.9 Å². The maximum absolute atomic E-state index is 13.0. The van der Waals surface area contributed by atoms with Crippen LogP contribution in [0.5, 0.6) is 0 Å². The third kappa shape index (κ3) is 3.87. The van der Waals surface area contributed by atoms with Crippen LogP contribution in [0.1, 0.15) is 24.8 Å². The average molecular weight is 292 g/mol. The van der Waals surface area contributed by atoms with E-state index in [9.17, 15) is 14.0 Å². The molecule has 1 saturated heterocycles. The van der Waals surface area contributed by atoms with Gasteiger partial charge in [-0.25, -0.2) is 9.18 Å². The minimum absolute atomic E-state index is 0.283. The predicted octanol–water partition coefficient (Wildman–Crippen LogP) is 1.79. The van der Waals surface area contributed by atoms with Gasteiger partial charge in [0.15, 0.2) is 0 Å². The van der Waals surface area contributed by atoms with Crippen LogP contribution in [0, 0.1) is 5.82 Å². The molecule has 2 heterocycles. The average Bonchev–Trinajstić information content (AvgIpc) is 2.52. The standard InChI is InChI=1S/C15H17FN2O3/c1-21-15(20)13-4-2-3-7-18(13)14(19)6-5-11-8-12(16)10-17-9-11/h5-6,8-10,13H,2-4,7H2,1H3/b6-5+. The lowest BCUT2D eigenvalue weighted by atomic mass is 10.0. The molecule has 0 spiro atoms. The Balaban J connectivity index is 2.08. The maximum Gasteiger partial charge on any atom is 0.328 e. The second kappa shape index (κ2) is 6.97. The number of hydrogen-bond acceptors (Lipinski definition) is 4. The van der Waals surface area contributed by atoms with Crippen molar-refractivity contribution in [2.75, 3.05) is 13.7 Å². The number of carbonyl (C=O) groups excluding carboxylic acids is 2. The smallest absolute Gasteiger partial charge is 0.328 e. The number of piperidine rings is 1. The van der Waals surface area contributed by atoms with E-state index in [0.717, 1.165) is 19.0 Å². The summed E-state index contributed by atoms with van der Waals surface area (Å²) in [6.45, 7) is 0.518. The Labute approximate surface area is 122 Å². The zero-order chi connectivity index (χ0) is 15.2. The van der Waals surface area contributed by atoms with Gasteiger partial charge >= 0.3 is 5.97 Å². The van der Waals surface area contributed by atoms with Gasteiger partial charge in [-0.05, 0) is 37.0 Å². The molecule has 1 unspecified atom stereocenters. The molecule has 1 aliphatic rings. The molecule has 0 aliphatic carbocycles. The Morgan fingerprint density at radius 3 is 2.95 bits per heavy atom. The number of amides is 1. The quantitative estimate of drug-likeness (QED) is 0.629. The van der Waals surface area contributed by atoms with E-state index in [0.29, 0.717) is 18.5 Å². The molecule has 112 valence electrons. The topological polar surface area (TPSA) is 59.5 Å². The van der Waals surface area contributed by atoms with Crippen LogP contribution in [0.25, 0.3) is 6.08 Å². The van der Waals surface area contributed by atoms with Crippen LogP contribution >= 0.6 is 0 Å². The summed E-state index contributed by atoms with van der Waals surface area (Å²) in [5.74, 6) is -1.15. The molecule has 2 rings (SSSR count). The molecule has 1 atom stereocenters. The first-order chi connectivity index (χ1) is 10.1.